The number of carboxylic acid groups (broad SMARTS) is 1. The molecule has 2 N–H and O–H groups in total. The standard InChI is InChI=1S/C20H24ClF2NO4/c1-10-14(18(25)26)7-15(21)17-16(10)27-19(2,28-17)11-3-5-12(6-4-11)24-13-8-20(22,23)9-13/h7,11-13,24H,3-6,8-9H2,1-2H3,(H,25,26). The van der Waals surface area contributed by atoms with Crippen LogP contribution in [-0.2, 0) is 0 Å². The van der Waals surface area contributed by atoms with Crippen molar-refractivity contribution in [2.45, 2.75) is 76.2 Å². The summed E-state index contributed by atoms with van der Waals surface area (Å²) < 4.78 is 38.2. The monoisotopic (exact) mass is 415 g/mol. The summed E-state index contributed by atoms with van der Waals surface area (Å²) in [6.07, 6.45) is 3.23. The molecule has 0 amide bonds. The van der Waals surface area contributed by atoms with Crippen LogP contribution in [0.2, 0.25) is 5.02 Å². The Kier molecular flexibility index (Phi) is 4.74. The Balaban J connectivity index is 1.41. The van der Waals surface area contributed by atoms with E-state index >= 15 is 0 Å². The number of fused-ring (bicyclic) bond motifs is 1. The van der Waals surface area contributed by atoms with Gasteiger partial charge in [-0.2, -0.15) is 0 Å². The number of hydrogen-bond donors (Lipinski definition) is 2. The van der Waals surface area contributed by atoms with Gasteiger partial charge in [0.2, 0.25) is 0 Å². The highest BCUT2D eigenvalue weighted by Crippen LogP contribution is 2.51. The Morgan fingerprint density at radius 1 is 1.18 bits per heavy atom. The molecule has 4 rings (SSSR count). The summed E-state index contributed by atoms with van der Waals surface area (Å²) in [6.45, 7) is 3.54. The van der Waals surface area contributed by atoms with Crippen molar-refractivity contribution in [1.29, 1.82) is 0 Å². The van der Waals surface area contributed by atoms with E-state index in [1.807, 2.05) is 6.92 Å². The minimum atomic E-state index is -2.51. The zero-order valence-electron chi connectivity index (χ0n) is 15.9. The maximum Gasteiger partial charge on any atom is 0.336 e. The maximum absolute atomic E-state index is 13.0. The summed E-state index contributed by atoms with van der Waals surface area (Å²) in [5.74, 6) is -3.60. The average Bonchev–Trinajstić information content (AvgIpc) is 2.97. The molecule has 8 heteroatoms. The number of carbonyl (C=O) groups is 1. The van der Waals surface area contributed by atoms with Crippen LogP contribution in [0.1, 0.15) is 61.4 Å². The maximum atomic E-state index is 13.0. The lowest BCUT2D eigenvalue weighted by molar-refractivity contribution is -0.123. The highest BCUT2D eigenvalue weighted by Gasteiger charge is 2.49. The van der Waals surface area contributed by atoms with E-state index in [-0.39, 0.29) is 41.4 Å². The van der Waals surface area contributed by atoms with Crippen molar-refractivity contribution in [2.75, 3.05) is 0 Å². The molecule has 0 saturated heterocycles. The summed E-state index contributed by atoms with van der Waals surface area (Å²) in [6, 6.07) is 1.53. The predicted molar refractivity (Wildman–Crippen MR) is 99.7 cm³/mol. The number of ether oxygens (including phenoxy) is 2. The van der Waals surface area contributed by atoms with Gasteiger partial charge >= 0.3 is 5.97 Å². The molecule has 2 aliphatic carbocycles. The van der Waals surface area contributed by atoms with Crippen molar-refractivity contribution in [3.05, 3.63) is 22.2 Å². The molecule has 0 bridgehead atoms. The summed E-state index contributed by atoms with van der Waals surface area (Å²) in [5, 5.41) is 12.9. The molecular weight excluding hydrogens is 392 g/mol. The molecule has 2 fully saturated rings. The van der Waals surface area contributed by atoms with Gasteiger partial charge in [-0.25, -0.2) is 13.6 Å². The number of nitrogens with one attached hydrogen (secondary N) is 1. The molecule has 154 valence electrons. The fourth-order valence-corrected chi connectivity index (χ4v) is 4.86. The first-order valence-electron chi connectivity index (χ1n) is 9.66. The number of carboxylic acids is 1. The second-order valence-electron chi connectivity index (χ2n) is 8.39. The SMILES string of the molecule is Cc1c(C(=O)O)cc(Cl)c2c1OC(C)(C1CCC(NC3CC(F)(F)C3)CC1)O2. The van der Waals surface area contributed by atoms with Gasteiger partial charge in [0.05, 0.1) is 10.6 Å². The number of aromatic carboxylic acids is 1. The zero-order valence-corrected chi connectivity index (χ0v) is 16.6. The zero-order chi connectivity index (χ0) is 20.3. The van der Waals surface area contributed by atoms with Gasteiger partial charge in [0, 0.05) is 43.3 Å². The van der Waals surface area contributed by atoms with Gasteiger partial charge in [0.15, 0.2) is 11.5 Å². The van der Waals surface area contributed by atoms with Gasteiger partial charge in [-0.1, -0.05) is 11.6 Å². The molecule has 1 aromatic rings. The summed E-state index contributed by atoms with van der Waals surface area (Å²) >= 11 is 6.24. The van der Waals surface area contributed by atoms with Gasteiger partial charge in [0.1, 0.15) is 0 Å². The van der Waals surface area contributed by atoms with E-state index < -0.39 is 17.7 Å². The van der Waals surface area contributed by atoms with Crippen LogP contribution in [0.25, 0.3) is 0 Å². The minimum Gasteiger partial charge on any atom is -0.478 e. The molecule has 0 radical (unpaired) electrons. The Morgan fingerprint density at radius 3 is 2.36 bits per heavy atom. The van der Waals surface area contributed by atoms with Crippen LogP contribution in [0.15, 0.2) is 6.07 Å². The highest BCUT2D eigenvalue weighted by molar-refractivity contribution is 6.32. The number of rotatable bonds is 4. The lowest BCUT2D eigenvalue weighted by Crippen LogP contribution is -2.53. The van der Waals surface area contributed by atoms with Crippen molar-refractivity contribution in [3.8, 4) is 11.5 Å². The lowest BCUT2D eigenvalue weighted by Gasteiger charge is -2.41. The van der Waals surface area contributed by atoms with Crippen LogP contribution in [-0.4, -0.2) is 34.9 Å². The van der Waals surface area contributed by atoms with E-state index in [1.165, 1.54) is 6.07 Å². The van der Waals surface area contributed by atoms with E-state index in [9.17, 15) is 18.7 Å². The van der Waals surface area contributed by atoms with Crippen molar-refractivity contribution < 1.29 is 28.2 Å². The third kappa shape index (κ3) is 3.43. The second-order valence-corrected chi connectivity index (χ2v) is 8.80. The van der Waals surface area contributed by atoms with Gasteiger partial charge in [-0.15, -0.1) is 0 Å². The first-order valence-corrected chi connectivity index (χ1v) is 10.0. The molecule has 3 aliphatic rings. The van der Waals surface area contributed by atoms with Crippen LogP contribution < -0.4 is 14.8 Å². The fraction of sp³-hybridized carbons (Fsp3) is 0.650. The van der Waals surface area contributed by atoms with Crippen LogP contribution in [0.5, 0.6) is 11.5 Å². The molecule has 5 nitrogen and oxygen atoms in total. The number of benzene rings is 1. The highest BCUT2D eigenvalue weighted by atomic mass is 35.5. The topological polar surface area (TPSA) is 67.8 Å². The third-order valence-electron chi connectivity index (χ3n) is 6.31. The molecule has 1 aromatic carbocycles. The molecule has 1 unspecified atom stereocenters. The molecule has 0 spiro atoms. The number of hydrogen-bond acceptors (Lipinski definition) is 4. The van der Waals surface area contributed by atoms with E-state index in [2.05, 4.69) is 5.32 Å². The molecular formula is C20H24ClF2NO4. The molecule has 0 aromatic heterocycles. The lowest BCUT2D eigenvalue weighted by atomic mass is 9.79. The van der Waals surface area contributed by atoms with E-state index in [0.717, 1.165) is 25.7 Å². The summed E-state index contributed by atoms with van der Waals surface area (Å²) in [4.78, 5) is 11.4. The van der Waals surface area contributed by atoms with Crippen LogP contribution in [0, 0.1) is 12.8 Å². The predicted octanol–water partition coefficient (Wildman–Crippen LogP) is 4.78. The smallest absolute Gasteiger partial charge is 0.336 e. The van der Waals surface area contributed by atoms with Crippen molar-refractivity contribution >= 4 is 17.6 Å². The van der Waals surface area contributed by atoms with Gasteiger partial charge in [0.25, 0.3) is 11.7 Å². The summed E-state index contributed by atoms with van der Waals surface area (Å²) in [7, 11) is 0. The average molecular weight is 416 g/mol. The molecule has 2 saturated carbocycles. The van der Waals surface area contributed by atoms with Crippen LogP contribution in [0.4, 0.5) is 8.78 Å². The van der Waals surface area contributed by atoms with Gasteiger partial charge in [-0.05, 0) is 38.7 Å². The molecule has 1 atom stereocenters. The van der Waals surface area contributed by atoms with E-state index in [1.54, 1.807) is 6.92 Å². The Hall–Kier alpha value is -1.60. The Morgan fingerprint density at radius 2 is 1.79 bits per heavy atom. The molecule has 1 aliphatic heterocycles. The number of alkyl halides is 2. The third-order valence-corrected chi connectivity index (χ3v) is 6.59. The van der Waals surface area contributed by atoms with E-state index in [4.69, 9.17) is 21.1 Å². The van der Waals surface area contributed by atoms with Crippen molar-refractivity contribution in [1.82, 2.24) is 5.32 Å². The fourth-order valence-electron chi connectivity index (χ4n) is 4.63. The van der Waals surface area contributed by atoms with Gasteiger partial charge in [-0.3, -0.25) is 0 Å². The van der Waals surface area contributed by atoms with Crippen molar-refractivity contribution in [3.63, 3.8) is 0 Å². The Labute approximate surface area is 167 Å². The van der Waals surface area contributed by atoms with Crippen LogP contribution in [0.3, 0.4) is 0 Å². The molecule has 28 heavy (non-hydrogen) atoms. The normalized spacial score (nSPS) is 31.5. The quantitative estimate of drug-likeness (QED) is 0.740. The van der Waals surface area contributed by atoms with E-state index in [0.29, 0.717) is 17.1 Å². The second kappa shape index (κ2) is 6.73. The summed E-state index contributed by atoms with van der Waals surface area (Å²) in [5.41, 5.74) is 0.596. The van der Waals surface area contributed by atoms with Crippen LogP contribution >= 0.6 is 11.6 Å². The minimum absolute atomic E-state index is 0.0735. The largest absolute Gasteiger partial charge is 0.478 e. The van der Waals surface area contributed by atoms with Crippen molar-refractivity contribution in [2.24, 2.45) is 5.92 Å². The number of halogens is 3. The van der Waals surface area contributed by atoms with Gasteiger partial charge < -0.3 is 19.9 Å². The first kappa shape index (κ1) is 19.7. The molecule has 1 heterocycles. The Bertz CT molecular complexity index is 802. The first-order chi connectivity index (χ1) is 13.1.